The van der Waals surface area contributed by atoms with E-state index in [-0.39, 0.29) is 12.7 Å². The lowest BCUT2D eigenvalue weighted by atomic mass is 10.2. The predicted octanol–water partition coefficient (Wildman–Crippen LogP) is 3.08. The van der Waals surface area contributed by atoms with Crippen molar-refractivity contribution in [2.45, 2.75) is 20.0 Å². The van der Waals surface area contributed by atoms with Crippen molar-refractivity contribution in [1.82, 2.24) is 10.9 Å². The molecule has 132 valence electrons. The van der Waals surface area contributed by atoms with Crippen molar-refractivity contribution in [2.24, 2.45) is 0 Å². The summed E-state index contributed by atoms with van der Waals surface area (Å²) in [6.07, 6.45) is 0.0599. The lowest BCUT2D eigenvalue weighted by molar-refractivity contribution is -0.123. The van der Waals surface area contributed by atoms with Gasteiger partial charge in [-0.2, -0.15) is 0 Å². The Kier molecular flexibility index (Phi) is 6.82. The molecule has 2 amide bonds. The number of benzene rings is 2. The Bertz CT molecular complexity index is 715. The van der Waals surface area contributed by atoms with Crippen molar-refractivity contribution in [3.63, 3.8) is 0 Å². The second-order valence-corrected chi connectivity index (χ2v) is 6.35. The summed E-state index contributed by atoms with van der Waals surface area (Å²) in [5.74, 6) is 0.355. The molecule has 0 atom stereocenters. The van der Waals surface area contributed by atoms with Gasteiger partial charge in [0.2, 0.25) is 0 Å². The topological polar surface area (TPSA) is 76.7 Å². The molecule has 0 aromatic heterocycles. The SMILES string of the molecule is CC(C)Oc1ccc(C(=O)NNC(=O)COc2ccc(Br)cc2)cc1. The average Bonchev–Trinajstić information content (AvgIpc) is 2.59. The van der Waals surface area contributed by atoms with E-state index in [0.717, 1.165) is 4.47 Å². The minimum atomic E-state index is -0.462. The number of ether oxygens (including phenoxy) is 2. The zero-order chi connectivity index (χ0) is 18.2. The Balaban J connectivity index is 1.76. The first-order chi connectivity index (χ1) is 11.9. The van der Waals surface area contributed by atoms with Gasteiger partial charge in [0.1, 0.15) is 11.5 Å². The Labute approximate surface area is 154 Å². The number of carbonyl (C=O) groups is 2. The third kappa shape index (κ3) is 6.46. The fourth-order valence-corrected chi connectivity index (χ4v) is 2.14. The van der Waals surface area contributed by atoms with Crippen LogP contribution in [0.1, 0.15) is 24.2 Å². The molecule has 0 saturated carbocycles. The maximum absolute atomic E-state index is 12.0. The summed E-state index contributed by atoms with van der Waals surface area (Å²) < 4.78 is 11.7. The van der Waals surface area contributed by atoms with E-state index in [1.54, 1.807) is 36.4 Å². The third-order valence-electron chi connectivity index (χ3n) is 2.99. The highest BCUT2D eigenvalue weighted by atomic mass is 79.9. The molecule has 2 aromatic carbocycles. The summed E-state index contributed by atoms with van der Waals surface area (Å²) in [5.41, 5.74) is 5.05. The number of amides is 2. The molecule has 7 heteroatoms. The molecule has 2 rings (SSSR count). The van der Waals surface area contributed by atoms with Gasteiger partial charge in [-0.3, -0.25) is 20.4 Å². The Morgan fingerprint density at radius 3 is 2.16 bits per heavy atom. The third-order valence-corrected chi connectivity index (χ3v) is 3.52. The normalized spacial score (nSPS) is 10.2. The number of hydrogen-bond donors (Lipinski definition) is 2. The van der Waals surface area contributed by atoms with Gasteiger partial charge in [0.25, 0.3) is 11.8 Å². The summed E-state index contributed by atoms with van der Waals surface area (Å²) in [6, 6.07) is 13.7. The molecule has 2 N–H and O–H groups in total. The smallest absolute Gasteiger partial charge is 0.276 e. The molecular formula is C18H19BrN2O4. The second kappa shape index (κ2) is 9.08. The van der Waals surface area contributed by atoms with E-state index < -0.39 is 11.8 Å². The van der Waals surface area contributed by atoms with Gasteiger partial charge in [-0.15, -0.1) is 0 Å². The average molecular weight is 407 g/mol. The van der Waals surface area contributed by atoms with Crippen LogP contribution in [0.25, 0.3) is 0 Å². The molecule has 0 fully saturated rings. The molecule has 0 bridgehead atoms. The highest BCUT2D eigenvalue weighted by Crippen LogP contribution is 2.16. The highest BCUT2D eigenvalue weighted by molar-refractivity contribution is 9.10. The molecule has 0 aliphatic heterocycles. The minimum absolute atomic E-state index is 0.0599. The number of hydrogen-bond acceptors (Lipinski definition) is 4. The van der Waals surface area contributed by atoms with Crippen molar-refractivity contribution in [3.8, 4) is 11.5 Å². The van der Waals surface area contributed by atoms with Crippen LogP contribution in [0.4, 0.5) is 0 Å². The first kappa shape index (κ1) is 18.8. The Morgan fingerprint density at radius 2 is 1.56 bits per heavy atom. The molecule has 25 heavy (non-hydrogen) atoms. The van der Waals surface area contributed by atoms with Gasteiger partial charge in [-0.05, 0) is 62.4 Å². The van der Waals surface area contributed by atoms with Crippen LogP contribution in [0.2, 0.25) is 0 Å². The molecule has 0 saturated heterocycles. The number of nitrogens with one attached hydrogen (secondary N) is 2. The zero-order valence-electron chi connectivity index (χ0n) is 13.9. The lowest BCUT2D eigenvalue weighted by Gasteiger charge is -2.11. The standard InChI is InChI=1S/C18H19BrN2O4/c1-12(2)25-16-7-3-13(4-8-16)18(23)21-20-17(22)11-24-15-9-5-14(19)6-10-15/h3-10,12H,11H2,1-2H3,(H,20,22)(H,21,23). The fraction of sp³-hybridized carbons (Fsp3) is 0.222. The maximum Gasteiger partial charge on any atom is 0.276 e. The van der Waals surface area contributed by atoms with Gasteiger partial charge in [0, 0.05) is 10.0 Å². The molecule has 6 nitrogen and oxygen atoms in total. The van der Waals surface area contributed by atoms with E-state index in [1.165, 1.54) is 0 Å². The van der Waals surface area contributed by atoms with Crippen LogP contribution in [0.5, 0.6) is 11.5 Å². The van der Waals surface area contributed by atoms with Crippen molar-refractivity contribution in [1.29, 1.82) is 0 Å². The summed E-state index contributed by atoms with van der Waals surface area (Å²) in [4.78, 5) is 23.7. The van der Waals surface area contributed by atoms with Crippen LogP contribution in [-0.2, 0) is 4.79 Å². The molecule has 0 spiro atoms. The van der Waals surface area contributed by atoms with E-state index in [4.69, 9.17) is 9.47 Å². The quantitative estimate of drug-likeness (QED) is 0.722. The van der Waals surface area contributed by atoms with Crippen molar-refractivity contribution < 1.29 is 19.1 Å². The molecule has 0 aliphatic rings. The number of halogens is 1. The minimum Gasteiger partial charge on any atom is -0.491 e. The molecular weight excluding hydrogens is 388 g/mol. The largest absolute Gasteiger partial charge is 0.491 e. The Morgan fingerprint density at radius 1 is 0.960 bits per heavy atom. The van der Waals surface area contributed by atoms with Crippen LogP contribution >= 0.6 is 15.9 Å². The van der Waals surface area contributed by atoms with E-state index in [0.29, 0.717) is 17.1 Å². The molecule has 0 aliphatic carbocycles. The van der Waals surface area contributed by atoms with Crippen molar-refractivity contribution in [2.75, 3.05) is 6.61 Å². The first-order valence-corrected chi connectivity index (χ1v) is 8.47. The summed E-state index contributed by atoms with van der Waals surface area (Å²) in [6.45, 7) is 3.64. The summed E-state index contributed by atoms with van der Waals surface area (Å²) >= 11 is 3.31. The lowest BCUT2D eigenvalue weighted by Crippen LogP contribution is -2.43. The van der Waals surface area contributed by atoms with E-state index in [1.807, 2.05) is 26.0 Å². The zero-order valence-corrected chi connectivity index (χ0v) is 15.5. The van der Waals surface area contributed by atoms with Crippen molar-refractivity contribution in [3.05, 3.63) is 58.6 Å². The van der Waals surface area contributed by atoms with E-state index in [9.17, 15) is 9.59 Å². The number of rotatable bonds is 6. The van der Waals surface area contributed by atoms with E-state index >= 15 is 0 Å². The van der Waals surface area contributed by atoms with Crippen molar-refractivity contribution >= 4 is 27.7 Å². The molecule has 0 radical (unpaired) electrons. The van der Waals surface area contributed by atoms with Crippen LogP contribution in [0.15, 0.2) is 53.0 Å². The monoisotopic (exact) mass is 406 g/mol. The fourth-order valence-electron chi connectivity index (χ4n) is 1.87. The summed E-state index contributed by atoms with van der Waals surface area (Å²) in [5, 5.41) is 0. The van der Waals surface area contributed by atoms with Gasteiger partial charge in [-0.1, -0.05) is 15.9 Å². The van der Waals surface area contributed by atoms with Gasteiger partial charge in [-0.25, -0.2) is 0 Å². The van der Waals surface area contributed by atoms with Crippen LogP contribution in [-0.4, -0.2) is 24.5 Å². The molecule has 0 heterocycles. The number of hydrazine groups is 1. The highest BCUT2D eigenvalue weighted by Gasteiger charge is 2.08. The molecule has 0 unspecified atom stereocenters. The second-order valence-electron chi connectivity index (χ2n) is 5.44. The first-order valence-electron chi connectivity index (χ1n) is 7.68. The van der Waals surface area contributed by atoms with Gasteiger partial charge in [0.05, 0.1) is 6.10 Å². The Hall–Kier alpha value is -2.54. The van der Waals surface area contributed by atoms with Gasteiger partial charge < -0.3 is 9.47 Å². The summed E-state index contributed by atoms with van der Waals surface area (Å²) in [7, 11) is 0. The van der Waals surface area contributed by atoms with Crippen LogP contribution < -0.4 is 20.3 Å². The molecule has 2 aromatic rings. The van der Waals surface area contributed by atoms with E-state index in [2.05, 4.69) is 26.8 Å². The van der Waals surface area contributed by atoms with Gasteiger partial charge in [0.15, 0.2) is 6.61 Å². The van der Waals surface area contributed by atoms with Crippen LogP contribution in [0, 0.1) is 0 Å². The predicted molar refractivity (Wildman–Crippen MR) is 97.5 cm³/mol. The maximum atomic E-state index is 12.0. The van der Waals surface area contributed by atoms with Crippen LogP contribution in [0.3, 0.4) is 0 Å². The van der Waals surface area contributed by atoms with Gasteiger partial charge >= 0.3 is 0 Å². The number of carbonyl (C=O) groups excluding carboxylic acids is 2.